The van der Waals surface area contributed by atoms with E-state index in [0.29, 0.717) is 0 Å². The molecule has 1 heterocycles. The number of rotatable bonds is 7. The van der Waals surface area contributed by atoms with Gasteiger partial charge in [0.05, 0.1) is 0 Å². The van der Waals surface area contributed by atoms with Gasteiger partial charge < -0.3 is 15.5 Å². The Labute approximate surface area is 175 Å². The number of hydrogen-bond acceptors (Lipinski definition) is 3. The molecule has 2 N–H and O–H groups in total. The van der Waals surface area contributed by atoms with Crippen molar-refractivity contribution < 1.29 is 0 Å². The van der Waals surface area contributed by atoms with E-state index in [1.165, 1.54) is 53.9 Å². The number of nitrogens with one attached hydrogen (secondary N) is 2. The lowest BCUT2D eigenvalue weighted by Gasteiger charge is -2.17. The molecule has 1 aliphatic rings. The van der Waals surface area contributed by atoms with Crippen LogP contribution in [-0.4, -0.2) is 45.1 Å². The van der Waals surface area contributed by atoms with Gasteiger partial charge in [-0.3, -0.25) is 9.89 Å². The molecule has 0 unspecified atom stereocenters. The van der Waals surface area contributed by atoms with Crippen molar-refractivity contribution in [1.82, 2.24) is 15.5 Å². The normalized spacial score (nSPS) is 14.8. The first-order valence-electron chi connectivity index (χ1n) is 10.6. The molecule has 0 spiro atoms. The van der Waals surface area contributed by atoms with Gasteiger partial charge in [0.2, 0.25) is 0 Å². The van der Waals surface area contributed by atoms with Crippen LogP contribution in [-0.2, 0) is 19.6 Å². The molecule has 0 atom stereocenters. The Balaban J connectivity index is 1.47. The lowest BCUT2D eigenvalue weighted by atomic mass is 10.1. The van der Waals surface area contributed by atoms with E-state index in [1.54, 1.807) is 0 Å². The number of nitrogens with zero attached hydrogens (tertiary/aromatic N) is 3. The average molecular weight is 394 g/mol. The van der Waals surface area contributed by atoms with E-state index < -0.39 is 0 Å². The van der Waals surface area contributed by atoms with Crippen molar-refractivity contribution in [2.45, 2.75) is 39.4 Å². The second-order valence-electron chi connectivity index (χ2n) is 8.08. The van der Waals surface area contributed by atoms with Crippen LogP contribution in [0.15, 0.2) is 47.5 Å². The highest BCUT2D eigenvalue weighted by atomic mass is 15.2. The van der Waals surface area contributed by atoms with Gasteiger partial charge in [0.15, 0.2) is 5.96 Å². The molecule has 156 valence electrons. The van der Waals surface area contributed by atoms with Crippen molar-refractivity contribution in [2.75, 3.05) is 39.1 Å². The summed E-state index contributed by atoms with van der Waals surface area (Å²) in [4.78, 5) is 9.02. The fourth-order valence-corrected chi connectivity index (χ4v) is 3.70. The number of hydrogen-bond donors (Lipinski definition) is 2. The molecule has 2 aromatic rings. The van der Waals surface area contributed by atoms with Gasteiger partial charge in [0, 0.05) is 46.5 Å². The summed E-state index contributed by atoms with van der Waals surface area (Å²) in [5, 5.41) is 6.84. The molecular weight excluding hydrogens is 358 g/mol. The zero-order valence-corrected chi connectivity index (χ0v) is 18.3. The molecule has 0 radical (unpaired) electrons. The monoisotopic (exact) mass is 393 g/mol. The topological polar surface area (TPSA) is 42.9 Å². The fourth-order valence-electron chi connectivity index (χ4n) is 3.70. The van der Waals surface area contributed by atoms with E-state index in [-0.39, 0.29) is 0 Å². The number of aryl methyl sites for hydroxylation is 1. The summed E-state index contributed by atoms with van der Waals surface area (Å²) in [6.45, 7) is 7.23. The lowest BCUT2D eigenvalue weighted by molar-refractivity contribution is 0.331. The molecule has 1 saturated heterocycles. The summed E-state index contributed by atoms with van der Waals surface area (Å²) in [5.74, 6) is 0.822. The van der Waals surface area contributed by atoms with Gasteiger partial charge in [0.25, 0.3) is 0 Å². The van der Waals surface area contributed by atoms with Crippen LogP contribution in [0.3, 0.4) is 0 Å². The average Bonchev–Trinajstić information content (AvgIpc) is 3.23. The van der Waals surface area contributed by atoms with Crippen LogP contribution in [0.1, 0.15) is 35.1 Å². The smallest absolute Gasteiger partial charge is 0.191 e. The molecule has 0 amide bonds. The van der Waals surface area contributed by atoms with Gasteiger partial charge in [-0.25, -0.2) is 0 Å². The van der Waals surface area contributed by atoms with Crippen LogP contribution >= 0.6 is 0 Å². The first kappa shape index (κ1) is 21.2. The van der Waals surface area contributed by atoms with Crippen molar-refractivity contribution in [2.24, 2.45) is 4.99 Å². The Hall–Kier alpha value is -2.53. The van der Waals surface area contributed by atoms with Crippen LogP contribution in [0.2, 0.25) is 0 Å². The minimum Gasteiger partial charge on any atom is -0.378 e. The highest BCUT2D eigenvalue weighted by Crippen LogP contribution is 2.17. The van der Waals surface area contributed by atoms with Crippen LogP contribution in [0.25, 0.3) is 0 Å². The second-order valence-corrected chi connectivity index (χ2v) is 8.08. The quantitative estimate of drug-likeness (QED) is 0.558. The highest BCUT2D eigenvalue weighted by Gasteiger charge is 2.11. The molecule has 2 aromatic carbocycles. The van der Waals surface area contributed by atoms with Crippen molar-refractivity contribution >= 4 is 11.6 Å². The lowest BCUT2D eigenvalue weighted by Crippen LogP contribution is -2.36. The summed E-state index contributed by atoms with van der Waals surface area (Å²) in [7, 11) is 5.95. The molecule has 5 heteroatoms. The summed E-state index contributed by atoms with van der Waals surface area (Å²) in [5.41, 5.74) is 6.46. The largest absolute Gasteiger partial charge is 0.378 e. The predicted molar refractivity (Wildman–Crippen MR) is 123 cm³/mol. The third-order valence-corrected chi connectivity index (χ3v) is 5.60. The molecule has 1 fully saturated rings. The predicted octanol–water partition coefficient (Wildman–Crippen LogP) is 3.52. The third kappa shape index (κ3) is 6.23. The number of anilines is 1. The van der Waals surface area contributed by atoms with Crippen molar-refractivity contribution in [3.8, 4) is 0 Å². The molecule has 0 bridgehead atoms. The van der Waals surface area contributed by atoms with Crippen molar-refractivity contribution in [1.29, 1.82) is 0 Å². The molecular formula is C24H35N5. The number of benzene rings is 2. The third-order valence-electron chi connectivity index (χ3n) is 5.60. The zero-order valence-electron chi connectivity index (χ0n) is 18.3. The maximum atomic E-state index is 4.36. The SMILES string of the molecule is CN=C(NCc1ccc(CN2CCCC2)cc1)NCc1ccc(N(C)C)cc1C. The molecule has 0 aliphatic carbocycles. The minimum atomic E-state index is 0.758. The maximum Gasteiger partial charge on any atom is 0.191 e. The van der Waals surface area contributed by atoms with Gasteiger partial charge >= 0.3 is 0 Å². The first-order valence-corrected chi connectivity index (χ1v) is 10.6. The number of aliphatic imine (C=N–C) groups is 1. The zero-order chi connectivity index (χ0) is 20.6. The van der Waals surface area contributed by atoms with Crippen molar-refractivity contribution in [3.63, 3.8) is 0 Å². The number of guanidine groups is 1. The van der Waals surface area contributed by atoms with E-state index in [2.05, 4.69) is 88.9 Å². The Kier molecular flexibility index (Phi) is 7.53. The molecule has 0 aromatic heterocycles. The molecule has 0 saturated carbocycles. The van der Waals surface area contributed by atoms with Crippen molar-refractivity contribution in [3.05, 3.63) is 64.7 Å². The summed E-state index contributed by atoms with van der Waals surface area (Å²) in [6.07, 6.45) is 2.68. The van der Waals surface area contributed by atoms with E-state index >= 15 is 0 Å². The van der Waals surface area contributed by atoms with Gasteiger partial charge in [-0.1, -0.05) is 30.3 Å². The van der Waals surface area contributed by atoms with Crippen LogP contribution < -0.4 is 15.5 Å². The maximum absolute atomic E-state index is 4.36. The van der Waals surface area contributed by atoms with Gasteiger partial charge in [-0.2, -0.15) is 0 Å². The van der Waals surface area contributed by atoms with E-state index in [1.807, 2.05) is 7.05 Å². The molecule has 29 heavy (non-hydrogen) atoms. The molecule has 1 aliphatic heterocycles. The van der Waals surface area contributed by atoms with Gasteiger partial charge in [-0.05, 0) is 67.2 Å². The molecule has 3 rings (SSSR count). The highest BCUT2D eigenvalue weighted by molar-refractivity contribution is 5.79. The van der Waals surface area contributed by atoms with Crippen LogP contribution in [0.4, 0.5) is 5.69 Å². The minimum absolute atomic E-state index is 0.758. The number of likely N-dealkylation sites (tertiary alicyclic amines) is 1. The standard InChI is InChI=1S/C24H35N5/c1-19-15-23(28(3)4)12-11-22(19)17-27-24(25-2)26-16-20-7-9-21(10-8-20)18-29-13-5-6-14-29/h7-12,15H,5-6,13-14,16-18H2,1-4H3,(H2,25,26,27). The fraction of sp³-hybridized carbons (Fsp3) is 0.458. The summed E-state index contributed by atoms with van der Waals surface area (Å²) >= 11 is 0. The molecule has 5 nitrogen and oxygen atoms in total. The van der Waals surface area contributed by atoms with E-state index in [9.17, 15) is 0 Å². The Bertz CT molecular complexity index is 805. The summed E-state index contributed by atoms with van der Waals surface area (Å²) in [6, 6.07) is 15.5. The van der Waals surface area contributed by atoms with Crippen LogP contribution in [0.5, 0.6) is 0 Å². The Morgan fingerprint density at radius 1 is 0.966 bits per heavy atom. The van der Waals surface area contributed by atoms with Gasteiger partial charge in [-0.15, -0.1) is 0 Å². The Morgan fingerprint density at radius 2 is 1.62 bits per heavy atom. The van der Waals surface area contributed by atoms with Gasteiger partial charge in [0.1, 0.15) is 0 Å². The first-order chi connectivity index (χ1) is 14.0. The van der Waals surface area contributed by atoms with Crippen LogP contribution in [0, 0.1) is 6.92 Å². The summed E-state index contributed by atoms with van der Waals surface area (Å²) < 4.78 is 0. The Morgan fingerprint density at radius 3 is 2.24 bits per heavy atom. The van der Waals surface area contributed by atoms with E-state index in [0.717, 1.165) is 25.6 Å². The van der Waals surface area contributed by atoms with E-state index in [4.69, 9.17) is 0 Å². The second kappa shape index (κ2) is 10.3.